The smallest absolute Gasteiger partial charge is 0.246 e. The highest BCUT2D eigenvalue weighted by atomic mass is 32.1. The van der Waals surface area contributed by atoms with E-state index in [1.807, 2.05) is 39.2 Å². The number of aryl methyl sites for hydroxylation is 1. The zero-order chi connectivity index (χ0) is 26.2. The number of thiazole rings is 1. The Hall–Kier alpha value is -1.61. The van der Waals surface area contributed by atoms with E-state index in [4.69, 9.17) is 4.74 Å². The summed E-state index contributed by atoms with van der Waals surface area (Å²) in [7, 11) is 0. The van der Waals surface area contributed by atoms with Gasteiger partial charge >= 0.3 is 0 Å². The van der Waals surface area contributed by atoms with Crippen molar-refractivity contribution >= 4 is 29.1 Å². The Balaban J connectivity index is 1.90. The molecule has 8 heteroatoms. The molecule has 0 aromatic carbocycles. The van der Waals surface area contributed by atoms with Gasteiger partial charge in [0.15, 0.2) is 5.78 Å². The van der Waals surface area contributed by atoms with Crippen molar-refractivity contribution in [2.24, 2.45) is 17.3 Å². The first-order valence-electron chi connectivity index (χ1n) is 12.7. The molecule has 1 saturated heterocycles. The second-order valence-electron chi connectivity index (χ2n) is 11.6. The molecule has 35 heavy (non-hydrogen) atoms. The lowest BCUT2D eigenvalue weighted by Gasteiger charge is -2.33. The molecule has 1 amide bonds. The van der Waals surface area contributed by atoms with E-state index in [1.165, 1.54) is 11.3 Å². The highest BCUT2D eigenvalue weighted by molar-refractivity contribution is 7.09. The molecule has 0 radical (unpaired) electrons. The molecule has 2 heterocycles. The van der Waals surface area contributed by atoms with Gasteiger partial charge < -0.3 is 20.3 Å². The first-order chi connectivity index (χ1) is 16.2. The minimum absolute atomic E-state index is 0.0145. The predicted octanol–water partition coefficient (Wildman–Crippen LogP) is 4.05. The molecule has 7 nitrogen and oxygen atoms in total. The third-order valence-corrected chi connectivity index (χ3v) is 8.78. The van der Waals surface area contributed by atoms with Crippen LogP contribution in [0.3, 0.4) is 0 Å². The topological polar surface area (TPSA) is 109 Å². The summed E-state index contributed by atoms with van der Waals surface area (Å²) in [6.07, 6.45) is 4.49. The van der Waals surface area contributed by atoms with Crippen molar-refractivity contribution in [1.82, 2.24) is 10.3 Å². The van der Waals surface area contributed by atoms with Crippen LogP contribution in [-0.4, -0.2) is 56.8 Å². The summed E-state index contributed by atoms with van der Waals surface area (Å²) in [4.78, 5) is 30.5. The monoisotopic (exact) mass is 506 g/mol. The lowest BCUT2D eigenvalue weighted by molar-refractivity contribution is -0.149. The standard InChI is InChI=1S/C27H42N2O5S/c1-16-9-8-10-26(7)15-27(26,33)24(32)22(17(2)12-20-14-35-19(4)28-20)29-21(30)13-34-25(5,6)23(31)18(3)11-16/h12,14,16,18,22,24,32-33H,8-11,13,15H2,1-7H3,(H,29,30). The number of aromatic nitrogens is 1. The summed E-state index contributed by atoms with van der Waals surface area (Å²) in [5.74, 6) is -0.290. The van der Waals surface area contributed by atoms with Crippen LogP contribution in [0.2, 0.25) is 0 Å². The molecule has 0 bridgehead atoms. The molecule has 6 unspecified atom stereocenters. The molecule has 3 N–H and O–H groups in total. The minimum atomic E-state index is -1.29. The number of carbonyl (C=O) groups is 2. The van der Waals surface area contributed by atoms with Gasteiger partial charge in [-0.25, -0.2) is 4.98 Å². The second-order valence-corrected chi connectivity index (χ2v) is 12.7. The number of nitrogens with zero attached hydrogens (tertiary/aromatic N) is 1. The Labute approximate surface area is 213 Å². The summed E-state index contributed by atoms with van der Waals surface area (Å²) in [5.41, 5.74) is -1.38. The van der Waals surface area contributed by atoms with Crippen LogP contribution in [0.5, 0.6) is 0 Å². The molecule has 2 aliphatic rings. The normalized spacial score (nSPS) is 37.5. The van der Waals surface area contributed by atoms with Crippen molar-refractivity contribution in [2.45, 2.75) is 104 Å². The van der Waals surface area contributed by atoms with Crippen LogP contribution in [0.4, 0.5) is 0 Å². The van der Waals surface area contributed by atoms with E-state index in [-0.39, 0.29) is 18.3 Å². The molecule has 1 aromatic rings. The van der Waals surface area contributed by atoms with Gasteiger partial charge in [-0.1, -0.05) is 33.6 Å². The largest absolute Gasteiger partial charge is 0.388 e. The summed E-state index contributed by atoms with van der Waals surface area (Å²) in [6, 6.07) is -0.815. The van der Waals surface area contributed by atoms with E-state index in [2.05, 4.69) is 17.2 Å². The third-order valence-electron chi connectivity index (χ3n) is 7.99. The fraction of sp³-hybridized carbons (Fsp3) is 0.741. The number of rotatable bonds is 2. The maximum absolute atomic E-state index is 13.0. The molecule has 1 aliphatic carbocycles. The molecule has 1 aliphatic heterocycles. The second kappa shape index (κ2) is 10.4. The number of hydrogen-bond acceptors (Lipinski definition) is 7. The molecular weight excluding hydrogens is 464 g/mol. The Morgan fingerprint density at radius 1 is 1.29 bits per heavy atom. The van der Waals surface area contributed by atoms with E-state index in [0.717, 1.165) is 36.4 Å². The number of aliphatic hydroxyl groups is 2. The first-order valence-corrected chi connectivity index (χ1v) is 13.5. The highest BCUT2D eigenvalue weighted by Crippen LogP contribution is 2.61. The van der Waals surface area contributed by atoms with E-state index >= 15 is 0 Å². The van der Waals surface area contributed by atoms with Crippen LogP contribution in [0, 0.1) is 24.2 Å². The molecule has 196 valence electrons. The van der Waals surface area contributed by atoms with Crippen molar-refractivity contribution < 1.29 is 24.5 Å². The number of Topliss-reactive ketones (excluding diaryl/α,β-unsaturated/α-hetero) is 1. The predicted molar refractivity (Wildman–Crippen MR) is 138 cm³/mol. The first kappa shape index (κ1) is 28.0. The SMILES string of the molecule is CC(=Cc1csc(C)n1)C1NC(=O)COC(C)(C)C(=O)C(C)CC(C)CCCC2(C)CC2(O)C1O. The Morgan fingerprint density at radius 2 is 1.97 bits per heavy atom. The van der Waals surface area contributed by atoms with Crippen LogP contribution in [0.25, 0.3) is 6.08 Å². The van der Waals surface area contributed by atoms with Crippen LogP contribution >= 0.6 is 11.3 Å². The Kier molecular flexibility index (Phi) is 8.31. The van der Waals surface area contributed by atoms with E-state index in [9.17, 15) is 19.8 Å². The number of carbonyl (C=O) groups excluding carboxylic acids is 2. The Bertz CT molecular complexity index is 973. The molecule has 0 spiro atoms. The summed E-state index contributed by atoms with van der Waals surface area (Å²) < 4.78 is 5.79. The van der Waals surface area contributed by atoms with Gasteiger partial charge in [0.2, 0.25) is 5.91 Å². The molecule has 2 fully saturated rings. The number of fused-ring (bicyclic) bond motifs is 1. The third kappa shape index (κ3) is 6.21. The number of aliphatic hydroxyl groups excluding tert-OH is 1. The van der Waals surface area contributed by atoms with E-state index in [1.54, 1.807) is 13.8 Å². The van der Waals surface area contributed by atoms with Gasteiger partial charge in [-0.15, -0.1) is 11.3 Å². The van der Waals surface area contributed by atoms with E-state index < -0.39 is 34.7 Å². The molecule has 6 atom stereocenters. The summed E-state index contributed by atoms with van der Waals surface area (Å²) in [5, 5.41) is 28.6. The van der Waals surface area contributed by atoms with Gasteiger partial charge in [0.05, 0.1) is 22.3 Å². The average molecular weight is 507 g/mol. The van der Waals surface area contributed by atoms with Gasteiger partial charge in [-0.2, -0.15) is 0 Å². The summed E-state index contributed by atoms with van der Waals surface area (Å²) in [6.45, 7) is 12.9. The maximum Gasteiger partial charge on any atom is 0.246 e. The zero-order valence-electron chi connectivity index (χ0n) is 22.2. The lowest BCUT2D eigenvalue weighted by Crippen LogP contribution is -2.53. The van der Waals surface area contributed by atoms with Crippen LogP contribution < -0.4 is 5.32 Å². The van der Waals surface area contributed by atoms with Gasteiger partial charge in [-0.3, -0.25) is 9.59 Å². The maximum atomic E-state index is 13.0. The minimum Gasteiger partial charge on any atom is -0.388 e. The number of hydrogen-bond donors (Lipinski definition) is 3. The average Bonchev–Trinajstić information content (AvgIpc) is 3.09. The van der Waals surface area contributed by atoms with Crippen LogP contribution in [0.1, 0.15) is 84.3 Å². The number of nitrogens with one attached hydrogen (secondary N) is 1. The van der Waals surface area contributed by atoms with Crippen LogP contribution in [-0.2, 0) is 14.3 Å². The fourth-order valence-electron chi connectivity index (χ4n) is 5.60. The number of amides is 1. The molecular formula is C27H42N2O5S. The fourth-order valence-corrected chi connectivity index (χ4v) is 6.17. The van der Waals surface area contributed by atoms with Crippen molar-refractivity contribution in [3.05, 3.63) is 21.7 Å². The van der Waals surface area contributed by atoms with Gasteiger partial charge in [0.1, 0.15) is 18.3 Å². The quantitative estimate of drug-likeness (QED) is 0.558. The molecule has 1 aromatic heterocycles. The van der Waals surface area contributed by atoms with Gasteiger partial charge in [0.25, 0.3) is 0 Å². The molecule has 3 rings (SSSR count). The number of ketones is 1. The van der Waals surface area contributed by atoms with Crippen molar-refractivity contribution in [1.29, 1.82) is 0 Å². The Morgan fingerprint density at radius 3 is 2.60 bits per heavy atom. The van der Waals surface area contributed by atoms with E-state index in [0.29, 0.717) is 17.9 Å². The van der Waals surface area contributed by atoms with Crippen LogP contribution in [0.15, 0.2) is 11.0 Å². The molecule has 1 saturated carbocycles. The lowest BCUT2D eigenvalue weighted by atomic mass is 9.83. The van der Waals surface area contributed by atoms with Crippen molar-refractivity contribution in [2.75, 3.05) is 6.61 Å². The van der Waals surface area contributed by atoms with Crippen molar-refractivity contribution in [3.63, 3.8) is 0 Å². The highest BCUT2D eigenvalue weighted by Gasteiger charge is 2.68. The van der Waals surface area contributed by atoms with Gasteiger partial charge in [0, 0.05) is 16.7 Å². The number of ether oxygens (including phenoxy) is 1. The summed E-state index contributed by atoms with van der Waals surface area (Å²) >= 11 is 1.52. The van der Waals surface area contributed by atoms with Crippen molar-refractivity contribution in [3.8, 4) is 0 Å². The van der Waals surface area contributed by atoms with Gasteiger partial charge in [-0.05, 0) is 64.5 Å². The zero-order valence-corrected chi connectivity index (χ0v) is 23.0.